The summed E-state index contributed by atoms with van der Waals surface area (Å²) in [5.41, 5.74) is 2.99. The van der Waals surface area contributed by atoms with E-state index in [-0.39, 0.29) is 23.3 Å². The molecule has 0 atom stereocenters. The number of hydrogen-bond acceptors (Lipinski definition) is 4. The predicted octanol–water partition coefficient (Wildman–Crippen LogP) is 2.21. The summed E-state index contributed by atoms with van der Waals surface area (Å²) in [6, 6.07) is 1.96. The number of likely N-dealkylation sites (tertiary alicyclic amines) is 1. The third-order valence-electron chi connectivity index (χ3n) is 6.35. The van der Waals surface area contributed by atoms with Crippen LogP contribution < -0.4 is 5.56 Å². The average molecular weight is 414 g/mol. The number of hydrogen-bond donors (Lipinski definition) is 1. The largest absolute Gasteiger partial charge is 0.343 e. The Morgan fingerprint density at radius 3 is 2.40 bits per heavy atom. The number of nitrogens with one attached hydrogen (secondary N) is 1. The van der Waals surface area contributed by atoms with Gasteiger partial charge in [0.15, 0.2) is 5.65 Å². The maximum Gasteiger partial charge on any atom is 0.276 e. The van der Waals surface area contributed by atoms with Crippen molar-refractivity contribution in [3.05, 3.63) is 33.4 Å². The molecule has 0 spiro atoms. The van der Waals surface area contributed by atoms with E-state index < -0.39 is 0 Å². The first-order valence-corrected chi connectivity index (χ1v) is 11.2. The fourth-order valence-electron chi connectivity index (χ4n) is 4.62. The van der Waals surface area contributed by atoms with Crippen molar-refractivity contribution in [1.82, 2.24) is 24.4 Å². The zero-order chi connectivity index (χ0) is 21.3. The van der Waals surface area contributed by atoms with Crippen molar-refractivity contribution in [2.24, 2.45) is 0 Å². The van der Waals surface area contributed by atoms with Crippen molar-refractivity contribution >= 4 is 17.5 Å². The number of aromatic nitrogens is 3. The van der Waals surface area contributed by atoms with E-state index in [1.165, 1.54) is 0 Å². The summed E-state index contributed by atoms with van der Waals surface area (Å²) < 4.78 is 1.55. The summed E-state index contributed by atoms with van der Waals surface area (Å²) in [5.74, 6) is 0.654. The molecule has 8 heteroatoms. The molecule has 4 rings (SSSR count). The van der Waals surface area contributed by atoms with E-state index in [0.717, 1.165) is 50.2 Å². The number of nitrogens with zero attached hydrogens (tertiary/aromatic N) is 4. The maximum absolute atomic E-state index is 13.0. The van der Waals surface area contributed by atoms with Crippen LogP contribution in [0.2, 0.25) is 0 Å². The van der Waals surface area contributed by atoms with E-state index in [0.29, 0.717) is 43.6 Å². The first-order valence-electron chi connectivity index (χ1n) is 11.2. The number of amides is 2. The van der Waals surface area contributed by atoms with Crippen molar-refractivity contribution in [2.45, 2.75) is 71.3 Å². The van der Waals surface area contributed by atoms with Gasteiger partial charge in [0.1, 0.15) is 0 Å². The Labute approximate surface area is 176 Å². The fraction of sp³-hybridized carbons (Fsp3) is 0.636. The third kappa shape index (κ3) is 3.87. The van der Waals surface area contributed by atoms with Gasteiger partial charge in [-0.1, -0.05) is 13.8 Å². The van der Waals surface area contributed by atoms with Crippen LogP contribution in [-0.2, 0) is 22.6 Å². The van der Waals surface area contributed by atoms with E-state index >= 15 is 0 Å². The molecule has 1 saturated heterocycles. The van der Waals surface area contributed by atoms with Crippen LogP contribution >= 0.6 is 0 Å². The van der Waals surface area contributed by atoms with Gasteiger partial charge in [-0.25, -0.2) is 9.50 Å². The van der Waals surface area contributed by atoms with E-state index in [2.05, 4.69) is 5.10 Å². The minimum absolute atomic E-state index is 0.0561. The SMILES string of the molecule is CCCC(=O)N1CCC(c2cc3nc4c(c(=O)n3[nH]2)CCN(C(=O)CCC)C4)CC1. The molecule has 1 fully saturated rings. The average Bonchev–Trinajstić information content (AvgIpc) is 3.18. The molecule has 162 valence electrons. The number of H-pyrrole nitrogens is 1. The molecule has 0 aliphatic carbocycles. The third-order valence-corrected chi connectivity index (χ3v) is 6.35. The summed E-state index contributed by atoms with van der Waals surface area (Å²) in [6.45, 7) is 6.53. The molecule has 4 heterocycles. The van der Waals surface area contributed by atoms with Gasteiger partial charge < -0.3 is 9.80 Å². The van der Waals surface area contributed by atoms with Crippen molar-refractivity contribution in [3.63, 3.8) is 0 Å². The molecule has 0 unspecified atom stereocenters. The number of piperidine rings is 1. The zero-order valence-electron chi connectivity index (χ0n) is 17.9. The molecule has 0 bridgehead atoms. The molecule has 0 radical (unpaired) electrons. The van der Waals surface area contributed by atoms with E-state index in [9.17, 15) is 14.4 Å². The Morgan fingerprint density at radius 2 is 1.73 bits per heavy atom. The lowest BCUT2D eigenvalue weighted by Crippen LogP contribution is -2.39. The van der Waals surface area contributed by atoms with Gasteiger partial charge in [0.2, 0.25) is 11.8 Å². The summed E-state index contributed by atoms with van der Waals surface area (Å²) in [5, 5.41) is 3.26. The molecule has 2 aromatic heterocycles. The van der Waals surface area contributed by atoms with Crippen LogP contribution in [0.5, 0.6) is 0 Å². The van der Waals surface area contributed by atoms with Gasteiger partial charge in [-0.3, -0.25) is 19.5 Å². The number of carbonyl (C=O) groups is 2. The lowest BCUT2D eigenvalue weighted by atomic mass is 9.93. The molecule has 1 N–H and O–H groups in total. The molecule has 2 amide bonds. The molecule has 0 saturated carbocycles. The topological polar surface area (TPSA) is 90.8 Å². The molecule has 2 aliphatic heterocycles. The molecule has 8 nitrogen and oxygen atoms in total. The highest BCUT2D eigenvalue weighted by Gasteiger charge is 2.27. The second-order valence-corrected chi connectivity index (χ2v) is 8.47. The summed E-state index contributed by atoms with van der Waals surface area (Å²) >= 11 is 0. The number of aromatic amines is 1. The van der Waals surface area contributed by atoms with E-state index in [4.69, 9.17) is 4.98 Å². The number of fused-ring (bicyclic) bond motifs is 2. The minimum atomic E-state index is -0.0561. The zero-order valence-corrected chi connectivity index (χ0v) is 17.9. The highest BCUT2D eigenvalue weighted by atomic mass is 16.2. The second kappa shape index (κ2) is 8.62. The van der Waals surface area contributed by atoms with Crippen LogP contribution in [-0.4, -0.2) is 55.8 Å². The lowest BCUT2D eigenvalue weighted by Gasteiger charge is -2.31. The van der Waals surface area contributed by atoms with E-state index in [1.54, 1.807) is 4.52 Å². The second-order valence-electron chi connectivity index (χ2n) is 8.47. The van der Waals surface area contributed by atoms with Gasteiger partial charge >= 0.3 is 0 Å². The molecule has 2 aromatic rings. The van der Waals surface area contributed by atoms with Crippen LogP contribution in [0.1, 0.15) is 75.2 Å². The Balaban J connectivity index is 1.53. The van der Waals surface area contributed by atoms with Gasteiger partial charge in [-0.05, 0) is 32.1 Å². The van der Waals surface area contributed by atoms with Crippen molar-refractivity contribution in [1.29, 1.82) is 0 Å². The summed E-state index contributed by atoms with van der Waals surface area (Å²) in [6.07, 6.45) is 5.16. The summed E-state index contributed by atoms with van der Waals surface area (Å²) in [4.78, 5) is 45.9. The maximum atomic E-state index is 13.0. The highest BCUT2D eigenvalue weighted by Crippen LogP contribution is 2.28. The Kier molecular flexibility index (Phi) is 5.92. The number of rotatable bonds is 5. The van der Waals surface area contributed by atoms with Gasteiger partial charge in [0.25, 0.3) is 5.56 Å². The quantitative estimate of drug-likeness (QED) is 0.814. The summed E-state index contributed by atoms with van der Waals surface area (Å²) in [7, 11) is 0. The van der Waals surface area contributed by atoms with Crippen LogP contribution in [0, 0.1) is 0 Å². The monoisotopic (exact) mass is 413 g/mol. The van der Waals surface area contributed by atoms with Gasteiger partial charge in [0, 0.05) is 55.7 Å². The minimum Gasteiger partial charge on any atom is -0.343 e. The smallest absolute Gasteiger partial charge is 0.276 e. The first kappa shape index (κ1) is 20.6. The molecule has 0 aromatic carbocycles. The Morgan fingerprint density at radius 1 is 1.07 bits per heavy atom. The van der Waals surface area contributed by atoms with E-state index in [1.807, 2.05) is 29.7 Å². The van der Waals surface area contributed by atoms with Crippen LogP contribution in [0.15, 0.2) is 10.9 Å². The standard InChI is InChI=1S/C22H31N5O3/c1-3-5-20(28)25-10-7-15(8-11-25)17-13-19-23-18-14-26(21(29)6-4-2)12-9-16(18)22(30)27(19)24-17/h13,15,24H,3-12,14H2,1-2H3. The van der Waals surface area contributed by atoms with Crippen LogP contribution in [0.3, 0.4) is 0 Å². The van der Waals surface area contributed by atoms with Gasteiger partial charge in [-0.2, -0.15) is 0 Å². The highest BCUT2D eigenvalue weighted by molar-refractivity contribution is 5.76. The Hall–Kier alpha value is -2.64. The molecule has 30 heavy (non-hydrogen) atoms. The molecular formula is C22H31N5O3. The fourth-order valence-corrected chi connectivity index (χ4v) is 4.62. The van der Waals surface area contributed by atoms with Gasteiger partial charge in [0.05, 0.1) is 12.2 Å². The lowest BCUT2D eigenvalue weighted by molar-refractivity contribution is -0.133. The molecular weight excluding hydrogens is 382 g/mol. The number of carbonyl (C=O) groups excluding carboxylic acids is 2. The predicted molar refractivity (Wildman–Crippen MR) is 113 cm³/mol. The normalized spacial score (nSPS) is 17.4. The first-order chi connectivity index (χ1) is 14.5. The van der Waals surface area contributed by atoms with Gasteiger partial charge in [-0.15, -0.1) is 0 Å². The van der Waals surface area contributed by atoms with Crippen LogP contribution in [0.4, 0.5) is 0 Å². The molecule has 2 aliphatic rings. The van der Waals surface area contributed by atoms with Crippen LogP contribution in [0.25, 0.3) is 5.65 Å². The van der Waals surface area contributed by atoms with Crippen molar-refractivity contribution in [2.75, 3.05) is 19.6 Å². The van der Waals surface area contributed by atoms with Crippen molar-refractivity contribution < 1.29 is 9.59 Å². The Bertz CT molecular complexity index is 1000. The van der Waals surface area contributed by atoms with Crippen molar-refractivity contribution in [3.8, 4) is 0 Å².